The second kappa shape index (κ2) is 8.42. The van der Waals surface area contributed by atoms with E-state index >= 15 is 0 Å². The van der Waals surface area contributed by atoms with Gasteiger partial charge in [0.1, 0.15) is 0 Å². The Morgan fingerprint density at radius 1 is 0.529 bits per heavy atom. The molecule has 0 radical (unpaired) electrons. The molecule has 2 aliphatic rings. The van der Waals surface area contributed by atoms with Crippen LogP contribution in [0.4, 0.5) is 0 Å². The van der Waals surface area contributed by atoms with Gasteiger partial charge in [-0.2, -0.15) is 0 Å². The molecule has 10 heteroatoms. The van der Waals surface area contributed by atoms with Gasteiger partial charge in [0, 0.05) is 28.4 Å². The van der Waals surface area contributed by atoms with E-state index in [1.54, 1.807) is 45.3 Å². The van der Waals surface area contributed by atoms with Crippen LogP contribution in [0.1, 0.15) is 55.4 Å². The van der Waals surface area contributed by atoms with Crippen LogP contribution in [0, 0.1) is 0 Å². The molecule has 34 heavy (non-hydrogen) atoms. The van der Waals surface area contributed by atoms with Crippen molar-refractivity contribution in [1.29, 1.82) is 0 Å². The molecule has 0 spiro atoms. The molecule has 0 aromatic carbocycles. The molecule has 6 heterocycles. The Labute approximate surface area is 218 Å². The lowest BCUT2D eigenvalue weighted by atomic mass is 9.88. The summed E-state index contributed by atoms with van der Waals surface area (Å²) in [6.07, 6.45) is 0. The molecule has 2 fully saturated rings. The molecule has 0 saturated carbocycles. The number of rotatable bonds is 2. The van der Waals surface area contributed by atoms with Crippen molar-refractivity contribution < 1.29 is 18.6 Å². The predicted octanol–water partition coefficient (Wildman–Crippen LogP) is 6.52. The minimum Gasteiger partial charge on any atom is -0.399 e. The van der Waals surface area contributed by atoms with Crippen molar-refractivity contribution in [2.75, 3.05) is 0 Å². The minimum atomic E-state index is -0.317. The first-order valence-electron chi connectivity index (χ1n) is 11.4. The molecule has 0 atom stereocenters. The Morgan fingerprint density at radius 3 is 1.18 bits per heavy atom. The average Bonchev–Trinajstić information content (AvgIpc) is 3.48. The maximum Gasteiger partial charge on any atom is 0.505 e. The highest BCUT2D eigenvalue weighted by molar-refractivity contribution is 7.36. The topological polar surface area (TPSA) is 36.9 Å². The standard InChI is InChI=1S/C18H26B2O4S2.C6H4S2/c1-15(2)16(3,4)22-19(21-15)13-9-11-12(25-13)10-14(26-11)20-23-17(5,6)18(7,8)24-20;1-3-7-6-2-4-8-5(1)6/h9-10H,1-8H3;1-4H. The highest BCUT2D eigenvalue weighted by Gasteiger charge is 2.53. The van der Waals surface area contributed by atoms with Crippen molar-refractivity contribution in [1.82, 2.24) is 0 Å². The molecule has 2 aliphatic heterocycles. The van der Waals surface area contributed by atoms with Crippen molar-refractivity contribution >= 4 is 87.9 Å². The summed E-state index contributed by atoms with van der Waals surface area (Å²) in [4.78, 5) is 0. The third-order valence-corrected chi connectivity index (χ3v) is 11.5. The first kappa shape index (κ1) is 25.0. The quantitative estimate of drug-likeness (QED) is 0.276. The summed E-state index contributed by atoms with van der Waals surface area (Å²) >= 11 is 7.06. The molecule has 4 nitrogen and oxygen atoms in total. The van der Waals surface area contributed by atoms with Crippen LogP contribution >= 0.6 is 45.3 Å². The van der Waals surface area contributed by atoms with Crippen molar-refractivity contribution in [3.8, 4) is 0 Å². The van der Waals surface area contributed by atoms with Gasteiger partial charge in [0.15, 0.2) is 0 Å². The summed E-state index contributed by atoms with van der Waals surface area (Å²) in [5, 5.41) is 4.25. The zero-order chi connectivity index (χ0) is 24.5. The Kier molecular flexibility index (Phi) is 6.18. The molecule has 0 bridgehead atoms. The van der Waals surface area contributed by atoms with Crippen molar-refractivity contribution in [2.45, 2.75) is 77.8 Å². The van der Waals surface area contributed by atoms with Crippen LogP contribution in [0.15, 0.2) is 35.0 Å². The molecule has 0 unspecified atom stereocenters. The number of hydrogen-bond acceptors (Lipinski definition) is 8. The molecular formula is C24H30B2O4S4. The van der Waals surface area contributed by atoms with Crippen LogP contribution in [-0.4, -0.2) is 36.6 Å². The maximum atomic E-state index is 6.18. The van der Waals surface area contributed by atoms with E-state index < -0.39 is 0 Å². The fourth-order valence-corrected chi connectivity index (χ4v) is 7.88. The largest absolute Gasteiger partial charge is 0.505 e. The van der Waals surface area contributed by atoms with Crippen molar-refractivity contribution in [2.24, 2.45) is 0 Å². The van der Waals surface area contributed by atoms with Gasteiger partial charge in [-0.05, 0) is 90.4 Å². The monoisotopic (exact) mass is 532 g/mol. The molecule has 6 rings (SSSR count). The van der Waals surface area contributed by atoms with Gasteiger partial charge < -0.3 is 18.6 Å². The number of thiophene rings is 4. The number of hydrogen-bond donors (Lipinski definition) is 0. The second-order valence-corrected chi connectivity index (χ2v) is 14.9. The smallest absolute Gasteiger partial charge is 0.399 e. The molecule has 0 aliphatic carbocycles. The fraction of sp³-hybridized carbons (Fsp3) is 0.500. The SMILES string of the molecule is CC1(C)OB(c2cc3sc(B4OC(C)(C)C(C)(C)O4)cc3s2)OC1(C)C.c1cc2sccc2s1. The van der Waals surface area contributed by atoms with E-state index in [9.17, 15) is 0 Å². The fourth-order valence-electron chi connectivity index (χ4n) is 3.72. The van der Waals surface area contributed by atoms with E-state index in [2.05, 4.69) is 90.4 Å². The Balaban J connectivity index is 0.000000252. The first-order valence-corrected chi connectivity index (χ1v) is 14.8. The molecule has 4 aromatic rings. The summed E-state index contributed by atoms with van der Waals surface area (Å²) < 4.78 is 32.2. The third kappa shape index (κ3) is 4.34. The van der Waals surface area contributed by atoms with Crippen LogP contribution in [0.2, 0.25) is 0 Å². The summed E-state index contributed by atoms with van der Waals surface area (Å²) in [6.45, 7) is 16.7. The molecular weight excluding hydrogens is 502 g/mol. The predicted molar refractivity (Wildman–Crippen MR) is 151 cm³/mol. The first-order chi connectivity index (χ1) is 15.8. The van der Waals surface area contributed by atoms with Gasteiger partial charge in [0.2, 0.25) is 0 Å². The van der Waals surface area contributed by atoms with Gasteiger partial charge in [-0.3, -0.25) is 0 Å². The average molecular weight is 532 g/mol. The molecule has 0 amide bonds. The maximum absolute atomic E-state index is 6.18. The van der Waals surface area contributed by atoms with Crippen LogP contribution in [0.5, 0.6) is 0 Å². The summed E-state index contributed by atoms with van der Waals surface area (Å²) in [7, 11) is -0.602. The normalized spacial score (nSPS) is 22.5. The summed E-state index contributed by atoms with van der Waals surface area (Å²) in [6, 6.07) is 8.68. The van der Waals surface area contributed by atoms with E-state index in [1.165, 1.54) is 18.8 Å². The van der Waals surface area contributed by atoms with Gasteiger partial charge in [0.25, 0.3) is 0 Å². The summed E-state index contributed by atoms with van der Waals surface area (Å²) in [5.74, 6) is 0. The van der Waals surface area contributed by atoms with Gasteiger partial charge in [0.05, 0.1) is 22.4 Å². The van der Waals surface area contributed by atoms with Gasteiger partial charge in [-0.1, -0.05) is 0 Å². The second-order valence-electron chi connectivity index (χ2n) is 10.8. The summed E-state index contributed by atoms with van der Waals surface area (Å²) in [5.41, 5.74) is -1.27. The van der Waals surface area contributed by atoms with Gasteiger partial charge in [-0.15, -0.1) is 45.3 Å². The van der Waals surface area contributed by atoms with E-state index in [0.29, 0.717) is 0 Å². The van der Waals surface area contributed by atoms with Crippen LogP contribution in [0.3, 0.4) is 0 Å². The van der Waals surface area contributed by atoms with E-state index in [1.807, 2.05) is 0 Å². The van der Waals surface area contributed by atoms with Crippen LogP contribution in [-0.2, 0) is 18.6 Å². The lowest BCUT2D eigenvalue weighted by molar-refractivity contribution is 0.00578. The lowest BCUT2D eigenvalue weighted by Gasteiger charge is -2.32. The van der Waals surface area contributed by atoms with Crippen LogP contribution < -0.4 is 9.55 Å². The zero-order valence-corrected chi connectivity index (χ0v) is 24.2. The number of fused-ring (bicyclic) bond motifs is 2. The Morgan fingerprint density at radius 2 is 0.853 bits per heavy atom. The Bertz CT molecular complexity index is 1130. The van der Waals surface area contributed by atoms with Crippen molar-refractivity contribution in [3.63, 3.8) is 0 Å². The molecule has 4 aromatic heterocycles. The van der Waals surface area contributed by atoms with E-state index in [4.69, 9.17) is 18.6 Å². The molecule has 2 saturated heterocycles. The van der Waals surface area contributed by atoms with Crippen LogP contribution in [0.25, 0.3) is 18.8 Å². The highest BCUT2D eigenvalue weighted by atomic mass is 32.1. The van der Waals surface area contributed by atoms with E-state index in [-0.39, 0.29) is 36.6 Å². The zero-order valence-electron chi connectivity index (χ0n) is 20.9. The van der Waals surface area contributed by atoms with Gasteiger partial charge >= 0.3 is 14.2 Å². The minimum absolute atomic E-state index is 0.301. The molecule has 0 N–H and O–H groups in total. The van der Waals surface area contributed by atoms with Crippen molar-refractivity contribution in [3.05, 3.63) is 35.0 Å². The van der Waals surface area contributed by atoms with Gasteiger partial charge in [-0.25, -0.2) is 0 Å². The Hall–Kier alpha value is -0.710. The highest BCUT2D eigenvalue weighted by Crippen LogP contribution is 2.39. The lowest BCUT2D eigenvalue weighted by Crippen LogP contribution is -2.41. The van der Waals surface area contributed by atoms with E-state index in [0.717, 1.165) is 9.55 Å². The molecule has 180 valence electrons. The third-order valence-electron chi connectivity index (χ3n) is 7.29.